The molecule has 8 heteroatoms. The molecule has 1 aromatic heterocycles. The molecule has 0 fully saturated rings. The van der Waals surface area contributed by atoms with Crippen LogP contribution in [0.25, 0.3) is 11.0 Å². The van der Waals surface area contributed by atoms with E-state index in [9.17, 15) is 34.8 Å². The number of rotatable bonds is 0. The number of phenolic OH excluding ortho intramolecular Hbond substituents is 4. The van der Waals surface area contributed by atoms with Gasteiger partial charge in [0.1, 0.15) is 22.6 Å². The number of aryl methyl sites for hydroxylation is 1. The summed E-state index contributed by atoms with van der Waals surface area (Å²) in [6, 6.07) is 3.13. The van der Waals surface area contributed by atoms with Gasteiger partial charge in [0.05, 0.1) is 16.5 Å². The van der Waals surface area contributed by atoms with Crippen LogP contribution >= 0.6 is 0 Å². The lowest BCUT2D eigenvalue weighted by atomic mass is 9.85. The highest BCUT2D eigenvalue weighted by Crippen LogP contribution is 2.42. The molecule has 0 spiro atoms. The minimum Gasteiger partial charge on any atom is -0.508 e. The predicted octanol–water partition coefficient (Wildman–Crippen LogP) is 1.70. The lowest BCUT2D eigenvalue weighted by molar-refractivity contribution is 0.0951. The van der Waals surface area contributed by atoms with E-state index in [2.05, 4.69) is 0 Å². The third-order valence-electron chi connectivity index (χ3n) is 4.32. The Morgan fingerprint density at radius 1 is 0.808 bits per heavy atom. The van der Waals surface area contributed by atoms with Crippen LogP contribution in [0.3, 0.4) is 0 Å². The fourth-order valence-electron chi connectivity index (χ4n) is 3.20. The number of carbonyl (C=O) groups is 2. The molecule has 0 atom stereocenters. The number of aromatic hydroxyl groups is 4. The monoisotopic (exact) mass is 354 g/mol. The maximum absolute atomic E-state index is 12.8. The molecule has 130 valence electrons. The second kappa shape index (κ2) is 4.85. The molecule has 1 aliphatic rings. The van der Waals surface area contributed by atoms with Gasteiger partial charge in [-0.25, -0.2) is 0 Å². The molecule has 1 heterocycles. The van der Waals surface area contributed by atoms with Gasteiger partial charge in [0.2, 0.25) is 17.0 Å². The van der Waals surface area contributed by atoms with Crippen LogP contribution in [-0.4, -0.2) is 32.0 Å². The van der Waals surface area contributed by atoms with E-state index in [1.165, 1.54) is 13.0 Å². The van der Waals surface area contributed by atoms with Gasteiger partial charge in [0.25, 0.3) is 0 Å². The van der Waals surface area contributed by atoms with Gasteiger partial charge in [0, 0.05) is 12.1 Å². The van der Waals surface area contributed by atoms with Crippen molar-refractivity contribution in [1.29, 1.82) is 0 Å². The zero-order chi connectivity index (χ0) is 18.9. The summed E-state index contributed by atoms with van der Waals surface area (Å²) in [5.74, 6) is -5.35. The van der Waals surface area contributed by atoms with Crippen LogP contribution in [-0.2, 0) is 0 Å². The van der Waals surface area contributed by atoms with E-state index in [-0.39, 0.29) is 16.7 Å². The number of ketones is 2. The highest BCUT2D eigenvalue weighted by Gasteiger charge is 2.40. The lowest BCUT2D eigenvalue weighted by Gasteiger charge is -2.19. The Labute approximate surface area is 144 Å². The van der Waals surface area contributed by atoms with Gasteiger partial charge in [-0.15, -0.1) is 0 Å². The minimum absolute atomic E-state index is 0.00800. The summed E-state index contributed by atoms with van der Waals surface area (Å²) in [7, 11) is 0. The zero-order valence-corrected chi connectivity index (χ0v) is 13.2. The molecule has 0 radical (unpaired) electrons. The first kappa shape index (κ1) is 15.7. The second-order valence-corrected chi connectivity index (χ2v) is 5.94. The standard InChI is InChI=1S/C18H10O8/c1-5-2-6(19)3-9-10(5)15(23)13-16(24)11-7(20)4-8(21)14(22)12(11)17(25)18(13)26-9/h2-4,19-22H,1H3. The van der Waals surface area contributed by atoms with E-state index >= 15 is 0 Å². The predicted molar refractivity (Wildman–Crippen MR) is 87.2 cm³/mol. The van der Waals surface area contributed by atoms with Crippen molar-refractivity contribution in [2.24, 2.45) is 0 Å². The van der Waals surface area contributed by atoms with E-state index in [0.717, 1.165) is 6.07 Å². The van der Waals surface area contributed by atoms with Crippen molar-refractivity contribution < 1.29 is 34.4 Å². The molecule has 26 heavy (non-hydrogen) atoms. The maximum Gasteiger partial charge on any atom is 0.233 e. The molecule has 4 N–H and O–H groups in total. The summed E-state index contributed by atoms with van der Waals surface area (Å²) in [6.45, 7) is 1.52. The minimum atomic E-state index is -1.04. The molecule has 2 aromatic carbocycles. The smallest absolute Gasteiger partial charge is 0.233 e. The zero-order valence-electron chi connectivity index (χ0n) is 13.2. The van der Waals surface area contributed by atoms with E-state index in [1.54, 1.807) is 0 Å². The molecule has 0 unspecified atom stereocenters. The molecule has 0 saturated carbocycles. The Bertz CT molecular complexity index is 1230. The Balaban J connectivity index is 2.18. The van der Waals surface area contributed by atoms with Crippen molar-refractivity contribution in [3.8, 4) is 23.0 Å². The average Bonchev–Trinajstić information content (AvgIpc) is 2.54. The lowest BCUT2D eigenvalue weighted by Crippen LogP contribution is -2.28. The van der Waals surface area contributed by atoms with E-state index in [0.29, 0.717) is 11.6 Å². The molecule has 4 rings (SSSR count). The number of fused-ring (bicyclic) bond motifs is 3. The number of hydrogen-bond acceptors (Lipinski definition) is 8. The Hall–Kier alpha value is -3.81. The summed E-state index contributed by atoms with van der Waals surface area (Å²) in [5, 5.41) is 39.2. The Morgan fingerprint density at radius 3 is 2.19 bits per heavy atom. The van der Waals surface area contributed by atoms with Crippen molar-refractivity contribution in [2.75, 3.05) is 0 Å². The van der Waals surface area contributed by atoms with Crippen molar-refractivity contribution in [3.63, 3.8) is 0 Å². The molecular formula is C18H10O8. The number of carbonyl (C=O) groups excluding carboxylic acids is 2. The van der Waals surface area contributed by atoms with Crippen LogP contribution in [0, 0.1) is 6.92 Å². The van der Waals surface area contributed by atoms with Gasteiger partial charge < -0.3 is 24.8 Å². The number of benzene rings is 2. The molecule has 0 aliphatic heterocycles. The molecular weight excluding hydrogens is 344 g/mol. The quantitative estimate of drug-likeness (QED) is 0.276. The van der Waals surface area contributed by atoms with Crippen LogP contribution < -0.4 is 5.43 Å². The fourth-order valence-corrected chi connectivity index (χ4v) is 3.20. The normalized spacial score (nSPS) is 13.0. The first-order chi connectivity index (χ1) is 12.2. The summed E-state index contributed by atoms with van der Waals surface area (Å²) in [4.78, 5) is 38.3. The van der Waals surface area contributed by atoms with Crippen molar-refractivity contribution in [2.45, 2.75) is 6.92 Å². The van der Waals surface area contributed by atoms with Gasteiger partial charge in [-0.1, -0.05) is 0 Å². The summed E-state index contributed by atoms with van der Waals surface area (Å²) >= 11 is 0. The maximum atomic E-state index is 12.8. The number of phenols is 4. The van der Waals surface area contributed by atoms with Crippen molar-refractivity contribution in [3.05, 3.63) is 56.4 Å². The van der Waals surface area contributed by atoms with Crippen molar-refractivity contribution in [1.82, 2.24) is 0 Å². The summed E-state index contributed by atoms with van der Waals surface area (Å²) < 4.78 is 5.40. The van der Waals surface area contributed by atoms with Gasteiger partial charge in [-0.3, -0.25) is 14.4 Å². The molecule has 1 aliphatic carbocycles. The van der Waals surface area contributed by atoms with Crippen LogP contribution in [0.5, 0.6) is 23.0 Å². The first-order valence-corrected chi connectivity index (χ1v) is 7.40. The van der Waals surface area contributed by atoms with E-state index in [1.807, 2.05) is 0 Å². The second-order valence-electron chi connectivity index (χ2n) is 5.94. The molecule has 8 nitrogen and oxygen atoms in total. The number of hydrogen-bond donors (Lipinski definition) is 4. The van der Waals surface area contributed by atoms with Gasteiger partial charge in [0.15, 0.2) is 17.3 Å². The molecule has 0 saturated heterocycles. The Morgan fingerprint density at radius 2 is 1.50 bits per heavy atom. The third-order valence-corrected chi connectivity index (χ3v) is 4.32. The summed E-state index contributed by atoms with van der Waals surface area (Å²) in [5.41, 5.74) is -2.39. The topological polar surface area (TPSA) is 145 Å². The Kier molecular flexibility index (Phi) is 2.93. The largest absolute Gasteiger partial charge is 0.508 e. The van der Waals surface area contributed by atoms with E-state index < -0.39 is 56.7 Å². The fraction of sp³-hybridized carbons (Fsp3) is 0.0556. The average molecular weight is 354 g/mol. The van der Waals surface area contributed by atoms with Crippen LogP contribution in [0.4, 0.5) is 0 Å². The van der Waals surface area contributed by atoms with Crippen LogP contribution in [0.2, 0.25) is 0 Å². The van der Waals surface area contributed by atoms with E-state index in [4.69, 9.17) is 4.42 Å². The summed E-state index contributed by atoms with van der Waals surface area (Å²) in [6.07, 6.45) is 0. The molecule has 3 aromatic rings. The first-order valence-electron chi connectivity index (χ1n) is 7.40. The highest BCUT2D eigenvalue weighted by molar-refractivity contribution is 6.30. The SMILES string of the molecule is Cc1cc(O)cc2oc3c(c(=O)c12)C(=O)c1c(O)cc(O)c(O)c1C3=O. The third kappa shape index (κ3) is 1.80. The molecule has 0 amide bonds. The highest BCUT2D eigenvalue weighted by atomic mass is 16.3. The van der Waals surface area contributed by atoms with Crippen LogP contribution in [0.1, 0.15) is 37.6 Å². The van der Waals surface area contributed by atoms with Gasteiger partial charge in [-0.05, 0) is 18.6 Å². The van der Waals surface area contributed by atoms with Crippen molar-refractivity contribution >= 4 is 22.5 Å². The van der Waals surface area contributed by atoms with Gasteiger partial charge >= 0.3 is 0 Å². The molecule has 0 bridgehead atoms. The van der Waals surface area contributed by atoms with Crippen LogP contribution in [0.15, 0.2) is 27.4 Å². The van der Waals surface area contributed by atoms with Gasteiger partial charge in [-0.2, -0.15) is 0 Å².